The summed E-state index contributed by atoms with van der Waals surface area (Å²) in [7, 11) is 0. The smallest absolute Gasteiger partial charge is 0.180 e. The van der Waals surface area contributed by atoms with Gasteiger partial charge >= 0.3 is 0 Å². The summed E-state index contributed by atoms with van der Waals surface area (Å²) in [5.41, 5.74) is 8.01. The monoisotopic (exact) mass is 292 g/mol. The Labute approximate surface area is 120 Å². The Balaban J connectivity index is 2.21. The maximum atomic E-state index is 6.16. The maximum absolute atomic E-state index is 6.16. The van der Waals surface area contributed by atoms with Crippen LogP contribution in [0.3, 0.4) is 0 Å². The van der Waals surface area contributed by atoms with E-state index in [4.69, 9.17) is 22.1 Å². The van der Waals surface area contributed by atoms with Gasteiger partial charge in [0.25, 0.3) is 0 Å². The molecule has 2 aromatic rings. The fourth-order valence-electron chi connectivity index (χ4n) is 2.04. The first-order valence-electron chi connectivity index (χ1n) is 5.88. The van der Waals surface area contributed by atoms with E-state index in [9.17, 15) is 0 Å². The van der Waals surface area contributed by atoms with Gasteiger partial charge in [-0.15, -0.1) is 11.3 Å². The second-order valence-electron chi connectivity index (χ2n) is 4.98. The third-order valence-electron chi connectivity index (χ3n) is 2.91. The van der Waals surface area contributed by atoms with E-state index in [1.54, 1.807) is 0 Å². The molecule has 2 N–H and O–H groups in total. The number of hydrogen-bond acceptors (Lipinski definition) is 4. The number of hydrogen-bond donors (Lipinski definition) is 1. The average molecular weight is 293 g/mol. The van der Waals surface area contributed by atoms with E-state index >= 15 is 0 Å². The molecule has 3 rings (SSSR count). The molecule has 2 heterocycles. The standard InChI is InChI=1S/C14H13ClN2OS/c1-14(2)4-3-8-5-9(15)6-10(12(8)18-14)11-7-19-13(16)17-11/h3-7H,1-2H3,(H2,16,17). The highest BCUT2D eigenvalue weighted by Crippen LogP contribution is 2.41. The molecule has 0 saturated carbocycles. The Hall–Kier alpha value is -1.52. The van der Waals surface area contributed by atoms with E-state index < -0.39 is 0 Å². The molecule has 98 valence electrons. The fourth-order valence-corrected chi connectivity index (χ4v) is 2.83. The predicted octanol–water partition coefficient (Wildman–Crippen LogP) is 4.23. The van der Waals surface area contributed by atoms with Gasteiger partial charge in [0.2, 0.25) is 0 Å². The summed E-state index contributed by atoms with van der Waals surface area (Å²) in [5, 5.41) is 3.11. The van der Waals surface area contributed by atoms with Gasteiger partial charge in [0, 0.05) is 21.5 Å². The van der Waals surface area contributed by atoms with Crippen LogP contribution < -0.4 is 10.5 Å². The summed E-state index contributed by atoms with van der Waals surface area (Å²) in [6.07, 6.45) is 4.05. The van der Waals surface area contributed by atoms with Crippen LogP contribution in [0, 0.1) is 0 Å². The molecule has 1 aliphatic rings. The maximum Gasteiger partial charge on any atom is 0.180 e. The molecule has 0 fully saturated rings. The quantitative estimate of drug-likeness (QED) is 0.855. The van der Waals surface area contributed by atoms with E-state index in [1.165, 1.54) is 11.3 Å². The van der Waals surface area contributed by atoms with Gasteiger partial charge in [0.15, 0.2) is 5.13 Å². The zero-order valence-electron chi connectivity index (χ0n) is 10.6. The second kappa shape index (κ2) is 4.25. The van der Waals surface area contributed by atoms with E-state index in [0.717, 1.165) is 22.6 Å². The lowest BCUT2D eigenvalue weighted by Gasteiger charge is -2.29. The van der Waals surface area contributed by atoms with Crippen LogP contribution in [-0.2, 0) is 0 Å². The minimum Gasteiger partial charge on any atom is -0.482 e. The van der Waals surface area contributed by atoms with Gasteiger partial charge in [0.05, 0.1) is 5.69 Å². The molecule has 0 radical (unpaired) electrons. The van der Waals surface area contributed by atoms with Crippen LogP contribution in [0.5, 0.6) is 5.75 Å². The molecular weight excluding hydrogens is 280 g/mol. The van der Waals surface area contributed by atoms with Gasteiger partial charge in [0.1, 0.15) is 11.4 Å². The van der Waals surface area contributed by atoms with Gasteiger partial charge < -0.3 is 10.5 Å². The third kappa shape index (κ3) is 2.33. The van der Waals surface area contributed by atoms with Gasteiger partial charge in [-0.1, -0.05) is 17.7 Å². The number of anilines is 1. The molecule has 19 heavy (non-hydrogen) atoms. The molecule has 0 saturated heterocycles. The fraction of sp³-hybridized carbons (Fsp3) is 0.214. The molecular formula is C14H13ClN2OS. The van der Waals surface area contributed by atoms with Crippen LogP contribution in [0.1, 0.15) is 19.4 Å². The van der Waals surface area contributed by atoms with Crippen molar-refractivity contribution in [3.05, 3.63) is 34.2 Å². The zero-order chi connectivity index (χ0) is 13.6. The summed E-state index contributed by atoms with van der Waals surface area (Å²) < 4.78 is 6.05. The Kier molecular flexibility index (Phi) is 2.80. The number of fused-ring (bicyclic) bond motifs is 1. The first kappa shape index (κ1) is 12.5. The van der Waals surface area contributed by atoms with Crippen LogP contribution in [-0.4, -0.2) is 10.6 Å². The Bertz CT molecular complexity index is 676. The molecule has 0 bridgehead atoms. The largest absolute Gasteiger partial charge is 0.482 e. The van der Waals surface area contributed by atoms with Crippen molar-refractivity contribution < 1.29 is 4.74 Å². The summed E-state index contributed by atoms with van der Waals surface area (Å²) in [6, 6.07) is 3.76. The molecule has 0 aliphatic carbocycles. The highest BCUT2D eigenvalue weighted by Gasteiger charge is 2.25. The molecule has 3 nitrogen and oxygen atoms in total. The zero-order valence-corrected chi connectivity index (χ0v) is 12.2. The number of rotatable bonds is 1. The second-order valence-corrected chi connectivity index (χ2v) is 6.31. The van der Waals surface area contributed by atoms with E-state index in [1.807, 2.05) is 43.5 Å². The van der Waals surface area contributed by atoms with Gasteiger partial charge in [-0.2, -0.15) is 0 Å². The number of benzene rings is 1. The van der Waals surface area contributed by atoms with Gasteiger partial charge in [-0.05, 0) is 32.1 Å². The molecule has 0 amide bonds. The van der Waals surface area contributed by atoms with Crippen LogP contribution in [0.25, 0.3) is 17.3 Å². The molecule has 5 heteroatoms. The van der Waals surface area contributed by atoms with E-state index in [-0.39, 0.29) is 5.60 Å². The van der Waals surface area contributed by atoms with Crippen molar-refractivity contribution in [2.75, 3.05) is 5.73 Å². The number of halogens is 1. The number of nitrogens with zero attached hydrogens (tertiary/aromatic N) is 1. The normalized spacial score (nSPS) is 15.9. The lowest BCUT2D eigenvalue weighted by molar-refractivity contribution is 0.160. The van der Waals surface area contributed by atoms with Crippen molar-refractivity contribution in [2.24, 2.45) is 0 Å². The highest BCUT2D eigenvalue weighted by molar-refractivity contribution is 7.13. The predicted molar refractivity (Wildman–Crippen MR) is 80.7 cm³/mol. The molecule has 1 aliphatic heterocycles. The Morgan fingerprint density at radius 1 is 1.37 bits per heavy atom. The lowest BCUT2D eigenvalue weighted by Crippen LogP contribution is -2.27. The van der Waals surface area contributed by atoms with E-state index in [0.29, 0.717) is 10.2 Å². The molecule has 1 aromatic heterocycles. The minimum absolute atomic E-state index is 0.336. The third-order valence-corrected chi connectivity index (χ3v) is 3.80. The van der Waals surface area contributed by atoms with Crippen LogP contribution in [0.15, 0.2) is 23.6 Å². The first-order chi connectivity index (χ1) is 8.94. The van der Waals surface area contributed by atoms with Crippen molar-refractivity contribution in [2.45, 2.75) is 19.4 Å². The van der Waals surface area contributed by atoms with Crippen molar-refractivity contribution in [3.8, 4) is 17.0 Å². The van der Waals surface area contributed by atoms with Crippen molar-refractivity contribution >= 4 is 34.1 Å². The summed E-state index contributed by atoms with van der Waals surface area (Å²) in [4.78, 5) is 4.31. The van der Waals surface area contributed by atoms with Crippen molar-refractivity contribution in [3.63, 3.8) is 0 Å². The number of nitrogens with two attached hydrogens (primary N) is 1. The van der Waals surface area contributed by atoms with Gasteiger partial charge in [-0.25, -0.2) is 4.98 Å². The number of thiazole rings is 1. The average Bonchev–Trinajstić information content (AvgIpc) is 2.75. The van der Waals surface area contributed by atoms with E-state index in [2.05, 4.69) is 4.98 Å². The Morgan fingerprint density at radius 3 is 2.84 bits per heavy atom. The Morgan fingerprint density at radius 2 is 2.16 bits per heavy atom. The van der Waals surface area contributed by atoms with Crippen LogP contribution in [0.4, 0.5) is 5.13 Å². The summed E-state index contributed by atoms with van der Waals surface area (Å²) in [6.45, 7) is 4.03. The SMILES string of the molecule is CC1(C)C=Cc2cc(Cl)cc(-c3csc(N)n3)c2O1. The van der Waals surface area contributed by atoms with Crippen LogP contribution >= 0.6 is 22.9 Å². The van der Waals surface area contributed by atoms with Crippen molar-refractivity contribution in [1.29, 1.82) is 0 Å². The topological polar surface area (TPSA) is 48.1 Å². The lowest BCUT2D eigenvalue weighted by atomic mass is 9.99. The molecule has 0 unspecified atom stereocenters. The summed E-state index contributed by atoms with van der Waals surface area (Å²) in [5.74, 6) is 0.808. The molecule has 1 aromatic carbocycles. The number of aromatic nitrogens is 1. The molecule has 0 atom stereocenters. The highest BCUT2D eigenvalue weighted by atomic mass is 35.5. The number of ether oxygens (including phenoxy) is 1. The summed E-state index contributed by atoms with van der Waals surface area (Å²) >= 11 is 7.57. The molecule has 0 spiro atoms. The van der Waals surface area contributed by atoms with Crippen molar-refractivity contribution in [1.82, 2.24) is 4.98 Å². The van der Waals surface area contributed by atoms with Gasteiger partial charge in [-0.3, -0.25) is 0 Å². The minimum atomic E-state index is -0.336. The number of nitrogen functional groups attached to an aromatic ring is 1. The first-order valence-corrected chi connectivity index (χ1v) is 7.13. The van der Waals surface area contributed by atoms with Crippen LogP contribution in [0.2, 0.25) is 5.02 Å².